The lowest BCUT2D eigenvalue weighted by Gasteiger charge is -2.34. The van der Waals surface area contributed by atoms with Gasteiger partial charge in [0.2, 0.25) is 5.91 Å². The Hall–Kier alpha value is -2.53. The molecule has 10 nitrogen and oxygen atoms in total. The van der Waals surface area contributed by atoms with Crippen LogP contribution in [0.2, 0.25) is 0 Å². The second kappa shape index (κ2) is 16.3. The zero-order valence-corrected chi connectivity index (χ0v) is 22.5. The highest BCUT2D eigenvalue weighted by molar-refractivity contribution is 5.81. The minimum Gasteiger partial charge on any atom is -0.376 e. The van der Waals surface area contributed by atoms with Gasteiger partial charge in [0.05, 0.1) is 12.1 Å². The van der Waals surface area contributed by atoms with Crippen molar-refractivity contribution in [3.05, 3.63) is 35.9 Å². The summed E-state index contributed by atoms with van der Waals surface area (Å²) in [7, 11) is 3.24. The largest absolute Gasteiger partial charge is 0.376 e. The molecule has 1 aliphatic rings. The van der Waals surface area contributed by atoms with Crippen LogP contribution >= 0.6 is 0 Å². The van der Waals surface area contributed by atoms with Crippen molar-refractivity contribution in [2.24, 2.45) is 5.73 Å². The van der Waals surface area contributed by atoms with Gasteiger partial charge < -0.3 is 36.5 Å². The summed E-state index contributed by atoms with van der Waals surface area (Å²) in [5.74, 6) is 0.00430. The minimum atomic E-state index is -1.06. The van der Waals surface area contributed by atoms with Crippen molar-refractivity contribution in [3.8, 4) is 0 Å². The predicted octanol–water partition coefficient (Wildman–Crippen LogP) is 1.05. The highest BCUT2D eigenvalue weighted by Gasteiger charge is 2.34. The Labute approximate surface area is 221 Å². The first-order valence-corrected chi connectivity index (χ1v) is 13.4. The second-order valence-corrected chi connectivity index (χ2v) is 9.94. The third kappa shape index (κ3) is 10.0. The lowest BCUT2D eigenvalue weighted by Crippen LogP contribution is -2.60. The molecule has 2 unspecified atom stereocenters. The van der Waals surface area contributed by atoms with Crippen LogP contribution in [0.25, 0.3) is 0 Å². The summed E-state index contributed by atoms with van der Waals surface area (Å²) in [6, 6.07) is 8.65. The number of nitrogens with two attached hydrogens (primary N) is 1. The SMILES string of the molecule is CNC(=O)N(CC[C@H](N)CCCC=O)C[C@H](NC(=O)C(C)NC)C(O)N[C@H]1CCC[C@H]1c1ccccc1. The Kier molecular flexibility index (Phi) is 13.6. The highest BCUT2D eigenvalue weighted by atomic mass is 16.3. The van der Waals surface area contributed by atoms with E-state index in [0.717, 1.165) is 25.5 Å². The summed E-state index contributed by atoms with van der Waals surface area (Å²) in [5, 5.41) is 23.1. The molecule has 0 heterocycles. The van der Waals surface area contributed by atoms with Crippen LogP contribution in [0, 0.1) is 0 Å². The summed E-state index contributed by atoms with van der Waals surface area (Å²) < 4.78 is 0. The number of nitrogens with zero attached hydrogens (tertiary/aromatic N) is 1. The van der Waals surface area contributed by atoms with Crippen molar-refractivity contribution in [1.82, 2.24) is 26.2 Å². The highest BCUT2D eigenvalue weighted by Crippen LogP contribution is 2.34. The van der Waals surface area contributed by atoms with Crippen LogP contribution in [0.5, 0.6) is 0 Å². The van der Waals surface area contributed by atoms with Crippen molar-refractivity contribution >= 4 is 18.2 Å². The lowest BCUT2D eigenvalue weighted by molar-refractivity contribution is -0.124. The van der Waals surface area contributed by atoms with Crippen molar-refractivity contribution in [1.29, 1.82) is 0 Å². The summed E-state index contributed by atoms with van der Waals surface area (Å²) in [6.07, 6.45) is 5.21. The van der Waals surface area contributed by atoms with Gasteiger partial charge in [-0.25, -0.2) is 4.79 Å². The van der Waals surface area contributed by atoms with Gasteiger partial charge in [-0.3, -0.25) is 10.1 Å². The predicted molar refractivity (Wildman–Crippen MR) is 145 cm³/mol. The van der Waals surface area contributed by atoms with Crippen LogP contribution in [-0.4, -0.2) is 85.8 Å². The van der Waals surface area contributed by atoms with E-state index in [1.807, 2.05) is 18.2 Å². The molecule has 1 saturated carbocycles. The number of hydrogen-bond donors (Lipinski definition) is 6. The van der Waals surface area contributed by atoms with Crippen LogP contribution in [0.4, 0.5) is 4.79 Å². The number of carbonyl (C=O) groups is 3. The molecule has 3 amide bonds. The molecule has 1 aliphatic carbocycles. The van der Waals surface area contributed by atoms with Crippen LogP contribution in [-0.2, 0) is 9.59 Å². The van der Waals surface area contributed by atoms with E-state index in [1.165, 1.54) is 5.56 Å². The first kappa shape index (κ1) is 30.7. The van der Waals surface area contributed by atoms with E-state index in [1.54, 1.807) is 25.9 Å². The van der Waals surface area contributed by atoms with Crippen molar-refractivity contribution in [2.45, 2.75) is 88.2 Å². The third-order valence-corrected chi connectivity index (χ3v) is 7.25. The van der Waals surface area contributed by atoms with Crippen molar-refractivity contribution in [2.75, 3.05) is 27.2 Å². The average Bonchev–Trinajstić information content (AvgIpc) is 3.37. The smallest absolute Gasteiger partial charge is 0.317 e. The minimum absolute atomic E-state index is 0.0539. The zero-order valence-electron chi connectivity index (χ0n) is 22.5. The van der Waals surface area contributed by atoms with E-state index in [0.29, 0.717) is 32.2 Å². The zero-order chi connectivity index (χ0) is 27.2. The summed E-state index contributed by atoms with van der Waals surface area (Å²) in [6.45, 7) is 2.21. The monoisotopic (exact) mass is 518 g/mol. The molecule has 2 rings (SSSR count). The third-order valence-electron chi connectivity index (χ3n) is 7.25. The normalized spacial score (nSPS) is 20.5. The van der Waals surface area contributed by atoms with Crippen LogP contribution in [0.1, 0.15) is 63.4 Å². The summed E-state index contributed by atoms with van der Waals surface area (Å²) in [4.78, 5) is 37.6. The molecule has 0 aromatic heterocycles. The number of hydrogen-bond acceptors (Lipinski definition) is 7. The topological polar surface area (TPSA) is 149 Å². The van der Waals surface area contributed by atoms with Gasteiger partial charge in [-0.05, 0) is 57.6 Å². The van der Waals surface area contributed by atoms with Gasteiger partial charge in [0.15, 0.2) is 0 Å². The summed E-state index contributed by atoms with van der Waals surface area (Å²) in [5.41, 5.74) is 7.43. The van der Waals surface area contributed by atoms with E-state index in [9.17, 15) is 19.5 Å². The molecule has 0 aliphatic heterocycles. The number of aliphatic hydroxyl groups is 1. The quantitative estimate of drug-likeness (QED) is 0.109. The molecule has 0 bridgehead atoms. The molecule has 37 heavy (non-hydrogen) atoms. The maximum absolute atomic E-state index is 12.8. The fourth-order valence-electron chi connectivity index (χ4n) is 4.86. The van der Waals surface area contributed by atoms with Crippen molar-refractivity contribution in [3.63, 3.8) is 0 Å². The number of nitrogens with one attached hydrogen (secondary N) is 4. The molecule has 1 aromatic carbocycles. The fraction of sp³-hybridized carbons (Fsp3) is 0.667. The maximum atomic E-state index is 12.8. The maximum Gasteiger partial charge on any atom is 0.317 e. The molecular weight excluding hydrogens is 472 g/mol. The Bertz CT molecular complexity index is 826. The number of likely N-dealkylation sites (N-methyl/N-ethyl adjacent to an activating group) is 1. The van der Waals surface area contributed by atoms with Crippen LogP contribution < -0.4 is 27.0 Å². The molecule has 1 aromatic rings. The van der Waals surface area contributed by atoms with Gasteiger partial charge >= 0.3 is 6.03 Å². The first-order valence-electron chi connectivity index (χ1n) is 13.4. The second-order valence-electron chi connectivity index (χ2n) is 9.94. The standard InChI is InChI=1S/C27H46N6O4/c1-19(29-2)25(35)32-24(18-33(27(37)30-3)16-15-21(28)12-7-8-17-34)26(36)31-23-14-9-13-22(23)20-10-5-4-6-11-20/h4-6,10-11,17,19,21-24,26,29,31,36H,7-9,12-16,18,28H2,1-3H3,(H,30,37)(H,32,35)/t19?,21-,22+,23+,24+,26?/m1/s1. The van der Waals surface area contributed by atoms with Gasteiger partial charge in [-0.2, -0.15) is 0 Å². The van der Waals surface area contributed by atoms with E-state index < -0.39 is 18.3 Å². The van der Waals surface area contributed by atoms with E-state index in [4.69, 9.17) is 5.73 Å². The fourth-order valence-corrected chi connectivity index (χ4v) is 4.86. The first-order chi connectivity index (χ1) is 17.8. The molecule has 0 spiro atoms. The number of benzene rings is 1. The number of unbranched alkanes of at least 4 members (excludes halogenated alkanes) is 1. The van der Waals surface area contributed by atoms with Gasteiger partial charge in [-0.1, -0.05) is 36.8 Å². The number of aliphatic hydroxyl groups excluding tert-OH is 1. The average molecular weight is 519 g/mol. The molecule has 6 atom stereocenters. The van der Waals surface area contributed by atoms with Crippen LogP contribution in [0.15, 0.2) is 30.3 Å². The molecule has 10 heteroatoms. The molecule has 1 fully saturated rings. The number of aldehydes is 1. The van der Waals surface area contributed by atoms with Gasteiger partial charge in [0.25, 0.3) is 0 Å². The van der Waals surface area contributed by atoms with E-state index in [2.05, 4.69) is 33.4 Å². The number of amides is 3. The Morgan fingerprint density at radius 1 is 1.19 bits per heavy atom. The molecular formula is C27H46N6O4. The van der Waals surface area contributed by atoms with Gasteiger partial charge in [-0.15, -0.1) is 0 Å². The lowest BCUT2D eigenvalue weighted by atomic mass is 9.94. The Morgan fingerprint density at radius 3 is 2.57 bits per heavy atom. The van der Waals surface area contributed by atoms with E-state index >= 15 is 0 Å². The number of urea groups is 1. The number of rotatable bonds is 16. The molecule has 0 radical (unpaired) electrons. The Morgan fingerprint density at radius 2 is 1.92 bits per heavy atom. The number of carbonyl (C=O) groups excluding carboxylic acids is 3. The molecule has 0 saturated heterocycles. The van der Waals surface area contributed by atoms with Crippen molar-refractivity contribution < 1.29 is 19.5 Å². The summed E-state index contributed by atoms with van der Waals surface area (Å²) >= 11 is 0. The molecule has 7 N–H and O–H groups in total. The van der Waals surface area contributed by atoms with Crippen LogP contribution in [0.3, 0.4) is 0 Å². The van der Waals surface area contributed by atoms with Gasteiger partial charge in [0, 0.05) is 38.6 Å². The van der Waals surface area contributed by atoms with Gasteiger partial charge in [0.1, 0.15) is 12.5 Å². The molecule has 208 valence electrons. The Balaban J connectivity index is 2.13. The van der Waals surface area contributed by atoms with E-state index in [-0.39, 0.29) is 36.5 Å².